The van der Waals surface area contributed by atoms with Gasteiger partial charge < -0.3 is 35.4 Å². The van der Waals surface area contributed by atoms with E-state index in [0.29, 0.717) is 103 Å². The molecule has 0 aliphatic carbocycles. The van der Waals surface area contributed by atoms with E-state index in [1.54, 1.807) is 74.4 Å². The van der Waals surface area contributed by atoms with Gasteiger partial charge in [0, 0.05) is 98.4 Å². The maximum absolute atomic E-state index is 14.6. The Morgan fingerprint density at radius 3 is 2.29 bits per heavy atom. The van der Waals surface area contributed by atoms with Gasteiger partial charge in [-0.3, -0.25) is 29.2 Å². The molecule has 414 valence electrons. The summed E-state index contributed by atoms with van der Waals surface area (Å²) in [6, 6.07) is 6.78. The largest absolute Gasteiger partial charge is 0.492 e. The zero-order chi connectivity index (χ0) is 55.5. The summed E-state index contributed by atoms with van der Waals surface area (Å²) in [6.45, 7) is 15.6. The molecule has 3 aliphatic rings. The second-order valence-electron chi connectivity index (χ2n) is 21.1. The van der Waals surface area contributed by atoms with Crippen LogP contribution in [0.5, 0.6) is 5.75 Å². The molecule has 0 spiro atoms. The number of likely N-dealkylation sites (tertiary alicyclic amines) is 2. The zero-order valence-electron chi connectivity index (χ0n) is 45.0. The van der Waals surface area contributed by atoms with Crippen molar-refractivity contribution < 1.29 is 36.7 Å². The minimum atomic E-state index is -3.84. The fourth-order valence-corrected chi connectivity index (χ4v) is 12.2. The summed E-state index contributed by atoms with van der Waals surface area (Å²) in [5, 5.41) is 19.3. The highest BCUT2D eigenvalue weighted by molar-refractivity contribution is 7.92. The number of likely N-dealkylation sites (N-methyl/N-ethyl adjacent to an activating group) is 1. The first-order valence-corrected chi connectivity index (χ1v) is 28.7. The van der Waals surface area contributed by atoms with Gasteiger partial charge in [-0.05, 0) is 117 Å². The number of aryl methyl sites for hydroxylation is 1. The third kappa shape index (κ3) is 12.0. The lowest BCUT2D eigenvalue weighted by atomic mass is 9.87. The molecule has 0 radical (unpaired) electrons. The molecule has 3 fully saturated rings. The number of H-pyrrole nitrogens is 1. The number of piperidine rings is 1. The number of thiazole rings is 1. The first kappa shape index (κ1) is 55.7. The molecule has 3 aliphatic heterocycles. The van der Waals surface area contributed by atoms with Crippen LogP contribution in [0.25, 0.3) is 10.9 Å². The number of halogens is 1. The number of hydrogen-bond acceptors (Lipinski definition) is 18. The van der Waals surface area contributed by atoms with Gasteiger partial charge in [-0.15, -0.1) is 11.3 Å². The standard InChI is InChI=1S/C54H67FN14O7S2/c1-32-33(2)64-65-47(32)63-48-39-26-44(78(74,75)54(4,5)6)43(27-40(39)59-31-60-48)76-25-9-17-66-21-23-68(24-22-66)53-57-28-37(29-58-53)51(72)67-19-15-35(16-20-67)45(62-49(71)34(3)56-7)52(73)69-18-8-10-42(69)50-61-41(30-77-50)46(70)36-11-13-38(55)14-12-36/h11-14,26-31,34-35,42,45,56H,8-10,15-25H2,1-7H3,(H,62,71)(H2,59,60,63,64,65)/t34-,42-,45-/m0/s1. The van der Waals surface area contributed by atoms with E-state index in [0.717, 1.165) is 37.3 Å². The molecule has 0 unspecified atom stereocenters. The van der Waals surface area contributed by atoms with Crippen molar-refractivity contribution >= 4 is 73.2 Å². The fraction of sp³-hybridized carbons (Fsp3) is 0.481. The number of aromatic nitrogens is 7. The lowest BCUT2D eigenvalue weighted by Gasteiger charge is -2.38. The number of carbonyl (C=O) groups excluding carboxylic acids is 4. The number of aromatic amines is 1. The Morgan fingerprint density at radius 1 is 0.910 bits per heavy atom. The molecular formula is C54H67FN14O7S2. The number of sulfone groups is 1. The summed E-state index contributed by atoms with van der Waals surface area (Å²) in [6.07, 6.45) is 7.50. The first-order valence-electron chi connectivity index (χ1n) is 26.4. The highest BCUT2D eigenvalue weighted by Gasteiger charge is 2.42. The van der Waals surface area contributed by atoms with Gasteiger partial charge in [0.25, 0.3) is 5.91 Å². The monoisotopic (exact) mass is 1110 g/mol. The quantitative estimate of drug-likeness (QED) is 0.0586. The van der Waals surface area contributed by atoms with Crippen LogP contribution in [-0.4, -0.2) is 165 Å². The van der Waals surface area contributed by atoms with Gasteiger partial charge in [-0.25, -0.2) is 37.7 Å². The maximum atomic E-state index is 14.6. The summed E-state index contributed by atoms with van der Waals surface area (Å²) in [7, 11) is -2.17. The van der Waals surface area contributed by atoms with Crippen LogP contribution < -0.4 is 25.6 Å². The van der Waals surface area contributed by atoms with Gasteiger partial charge in [-0.1, -0.05) is 0 Å². The fourth-order valence-electron chi connectivity index (χ4n) is 9.94. The topological polar surface area (TPSA) is 254 Å². The van der Waals surface area contributed by atoms with E-state index in [2.05, 4.69) is 60.9 Å². The van der Waals surface area contributed by atoms with Crippen LogP contribution in [0.4, 0.5) is 22.0 Å². The van der Waals surface area contributed by atoms with E-state index in [1.165, 1.54) is 41.9 Å². The molecule has 9 rings (SSSR count). The summed E-state index contributed by atoms with van der Waals surface area (Å²) < 4.78 is 46.7. The van der Waals surface area contributed by atoms with E-state index in [1.807, 2.05) is 13.8 Å². The average Bonchev–Trinajstić information content (AvgIpc) is 4.26. The van der Waals surface area contributed by atoms with E-state index in [9.17, 15) is 32.0 Å². The number of rotatable bonds is 18. The summed E-state index contributed by atoms with van der Waals surface area (Å²) in [5.41, 5.74) is 3.24. The number of ketones is 1. The molecule has 0 bridgehead atoms. The Morgan fingerprint density at radius 2 is 1.63 bits per heavy atom. The highest BCUT2D eigenvalue weighted by Crippen LogP contribution is 2.39. The number of ether oxygens (including phenoxy) is 1. The Balaban J connectivity index is 0.770. The number of nitrogens with one attached hydrogen (secondary N) is 4. The molecule has 21 nitrogen and oxygen atoms in total. The number of nitrogens with zero attached hydrogens (tertiary/aromatic N) is 10. The highest BCUT2D eigenvalue weighted by atomic mass is 32.2. The third-order valence-electron chi connectivity index (χ3n) is 15.1. The van der Waals surface area contributed by atoms with E-state index < -0.39 is 32.5 Å². The SMILES string of the molecule is CN[C@@H](C)C(=O)N[C@H](C(=O)N1CCC[C@H]1c1nc(C(=O)c2ccc(F)cc2)cs1)C1CCN(C(=O)c2cnc(N3CCN(CCCOc4cc5ncnc(Nc6n[nH]c(C)c6C)c5cc4S(=O)(=O)C(C)(C)C)CC3)nc2)CC1. The Kier molecular flexibility index (Phi) is 16.8. The van der Waals surface area contributed by atoms with Gasteiger partial charge in [-0.2, -0.15) is 5.10 Å². The van der Waals surface area contributed by atoms with Crippen molar-refractivity contribution in [2.75, 3.05) is 76.2 Å². The lowest BCUT2D eigenvalue weighted by molar-refractivity contribution is -0.139. The Labute approximate surface area is 457 Å². The predicted molar refractivity (Wildman–Crippen MR) is 293 cm³/mol. The third-order valence-corrected chi connectivity index (χ3v) is 18.5. The van der Waals surface area contributed by atoms with Gasteiger partial charge in [0.05, 0.1) is 34.5 Å². The number of hydrogen-bond donors (Lipinski definition) is 4. The van der Waals surface area contributed by atoms with Crippen LogP contribution in [0.2, 0.25) is 0 Å². The van der Waals surface area contributed by atoms with Crippen molar-refractivity contribution in [2.24, 2.45) is 5.92 Å². The summed E-state index contributed by atoms with van der Waals surface area (Å²) >= 11 is 1.30. The molecule has 3 atom stereocenters. The van der Waals surface area contributed by atoms with Crippen LogP contribution in [-0.2, 0) is 19.4 Å². The molecular weight excluding hydrogens is 1040 g/mol. The van der Waals surface area contributed by atoms with E-state index >= 15 is 0 Å². The van der Waals surface area contributed by atoms with Crippen LogP contribution in [0, 0.1) is 25.6 Å². The normalized spacial score (nSPS) is 17.5. The Bertz CT molecular complexity index is 3260. The van der Waals surface area contributed by atoms with Crippen LogP contribution in [0.15, 0.2) is 65.4 Å². The molecule has 7 heterocycles. The second-order valence-corrected chi connectivity index (χ2v) is 24.7. The molecule has 4 aromatic heterocycles. The lowest BCUT2D eigenvalue weighted by Crippen LogP contribution is -2.57. The van der Waals surface area contributed by atoms with Crippen molar-refractivity contribution in [3.8, 4) is 5.75 Å². The Hall–Kier alpha value is -7.02. The predicted octanol–water partition coefficient (Wildman–Crippen LogP) is 5.80. The molecule has 6 aromatic rings. The summed E-state index contributed by atoms with van der Waals surface area (Å²) in [4.78, 5) is 85.6. The van der Waals surface area contributed by atoms with Crippen LogP contribution in [0.1, 0.15) is 109 Å². The first-order chi connectivity index (χ1) is 37.3. The summed E-state index contributed by atoms with van der Waals surface area (Å²) in [5.74, 6) is 0.00116. The van der Waals surface area contributed by atoms with Crippen LogP contribution >= 0.6 is 11.3 Å². The number of anilines is 3. The molecule has 78 heavy (non-hydrogen) atoms. The van der Waals surface area contributed by atoms with Crippen molar-refractivity contribution in [3.05, 3.63) is 99.4 Å². The van der Waals surface area contributed by atoms with Crippen molar-refractivity contribution in [1.82, 2.24) is 60.5 Å². The average molecular weight is 1110 g/mol. The minimum Gasteiger partial charge on any atom is -0.492 e. The molecule has 0 saturated carbocycles. The zero-order valence-corrected chi connectivity index (χ0v) is 46.6. The van der Waals surface area contributed by atoms with Gasteiger partial charge in [0.1, 0.15) is 45.4 Å². The molecule has 2 aromatic carbocycles. The minimum absolute atomic E-state index is 0.0686. The molecule has 3 amide bonds. The van der Waals surface area contributed by atoms with Crippen molar-refractivity contribution in [2.45, 2.75) is 101 Å². The van der Waals surface area contributed by atoms with E-state index in [-0.39, 0.29) is 58.4 Å². The molecule has 4 N–H and O–H groups in total. The second kappa shape index (κ2) is 23.5. The van der Waals surface area contributed by atoms with Gasteiger partial charge in [0.15, 0.2) is 15.7 Å². The smallest absolute Gasteiger partial charge is 0.256 e. The van der Waals surface area contributed by atoms with Crippen molar-refractivity contribution in [3.63, 3.8) is 0 Å². The number of amides is 3. The van der Waals surface area contributed by atoms with Gasteiger partial charge >= 0.3 is 0 Å². The van der Waals surface area contributed by atoms with Gasteiger partial charge in [0.2, 0.25) is 23.5 Å². The maximum Gasteiger partial charge on any atom is 0.256 e. The number of carbonyl (C=O) groups is 4. The van der Waals surface area contributed by atoms with E-state index in [4.69, 9.17) is 4.74 Å². The number of benzene rings is 2. The molecule has 24 heteroatoms. The van der Waals surface area contributed by atoms with Crippen LogP contribution in [0.3, 0.4) is 0 Å². The molecule has 3 saturated heterocycles. The van der Waals surface area contributed by atoms with Crippen molar-refractivity contribution in [1.29, 1.82) is 0 Å². The number of fused-ring (bicyclic) bond motifs is 1. The number of piperazine rings is 1.